The van der Waals surface area contributed by atoms with E-state index in [1.165, 1.54) is 12.8 Å². The van der Waals surface area contributed by atoms with Crippen molar-refractivity contribution >= 4 is 10.9 Å². The molecular weight excluding hydrogens is 390 g/mol. The molecule has 31 heavy (non-hydrogen) atoms. The zero-order valence-corrected chi connectivity index (χ0v) is 18.8. The van der Waals surface area contributed by atoms with Gasteiger partial charge in [-0.05, 0) is 74.9 Å². The predicted molar refractivity (Wildman–Crippen MR) is 120 cm³/mol. The standard InChI is InChI=1S/C25H31N3O3/c1-5-16-13-28-9-8-17(16)10-23(28)25(29)20-12-22(24-14(2)27-31-15(24)3)26-21-7-6-18(30-4)11-19(20)21/h6-7,11-12,16-17,23,25,29H,5,8-10,13H2,1-4H3/t16-,17+,23-,25+/m0/s1. The number of benzene rings is 1. The maximum atomic E-state index is 11.7. The number of ether oxygens (including phenoxy) is 1. The van der Waals surface area contributed by atoms with Crippen LogP contribution in [0.2, 0.25) is 0 Å². The van der Waals surface area contributed by atoms with Gasteiger partial charge in [-0.15, -0.1) is 0 Å². The average molecular weight is 422 g/mol. The lowest BCUT2D eigenvalue weighted by molar-refractivity contribution is -0.0562. The highest BCUT2D eigenvalue weighted by molar-refractivity contribution is 5.87. The lowest BCUT2D eigenvalue weighted by Crippen LogP contribution is -2.55. The van der Waals surface area contributed by atoms with Gasteiger partial charge in [0.05, 0.1) is 35.7 Å². The number of hydrogen-bond donors (Lipinski definition) is 1. The second-order valence-electron chi connectivity index (χ2n) is 9.14. The van der Waals surface area contributed by atoms with E-state index in [2.05, 4.69) is 17.0 Å². The van der Waals surface area contributed by atoms with Gasteiger partial charge in [-0.2, -0.15) is 0 Å². The summed E-state index contributed by atoms with van der Waals surface area (Å²) < 4.78 is 10.9. The molecule has 164 valence electrons. The van der Waals surface area contributed by atoms with E-state index in [4.69, 9.17) is 14.2 Å². The molecule has 5 heterocycles. The molecule has 0 radical (unpaired) electrons. The van der Waals surface area contributed by atoms with Crippen molar-refractivity contribution in [2.45, 2.75) is 52.2 Å². The van der Waals surface area contributed by atoms with Gasteiger partial charge >= 0.3 is 0 Å². The molecule has 3 aliphatic heterocycles. The third-order valence-electron chi connectivity index (χ3n) is 7.48. The van der Waals surface area contributed by atoms with Crippen LogP contribution in [0.5, 0.6) is 5.75 Å². The van der Waals surface area contributed by atoms with Gasteiger partial charge < -0.3 is 14.4 Å². The van der Waals surface area contributed by atoms with E-state index < -0.39 is 6.10 Å². The lowest BCUT2D eigenvalue weighted by Gasteiger charge is -2.51. The third-order valence-corrected chi connectivity index (χ3v) is 7.48. The number of fused-ring (bicyclic) bond motifs is 4. The zero-order chi connectivity index (χ0) is 21.7. The van der Waals surface area contributed by atoms with Crippen molar-refractivity contribution < 1.29 is 14.4 Å². The molecule has 5 atom stereocenters. The smallest absolute Gasteiger partial charge is 0.143 e. The molecule has 0 aliphatic carbocycles. The second kappa shape index (κ2) is 7.92. The third kappa shape index (κ3) is 3.42. The van der Waals surface area contributed by atoms with E-state index in [1.807, 2.05) is 38.1 Å². The molecule has 1 N–H and O–H groups in total. The van der Waals surface area contributed by atoms with Gasteiger partial charge in [0.1, 0.15) is 11.5 Å². The zero-order valence-electron chi connectivity index (χ0n) is 18.8. The normalized spacial score (nSPS) is 26.4. The number of piperidine rings is 3. The first-order valence-electron chi connectivity index (χ1n) is 11.3. The first-order valence-corrected chi connectivity index (χ1v) is 11.3. The van der Waals surface area contributed by atoms with Crippen molar-refractivity contribution in [1.29, 1.82) is 0 Å². The van der Waals surface area contributed by atoms with Crippen LogP contribution in [0.25, 0.3) is 22.2 Å². The minimum atomic E-state index is -0.586. The van der Waals surface area contributed by atoms with Crippen molar-refractivity contribution in [1.82, 2.24) is 15.0 Å². The van der Waals surface area contributed by atoms with E-state index in [0.29, 0.717) is 5.92 Å². The fourth-order valence-corrected chi connectivity index (χ4v) is 5.76. The Morgan fingerprint density at radius 2 is 2.13 bits per heavy atom. The Hall–Kier alpha value is -2.44. The maximum absolute atomic E-state index is 11.7. The van der Waals surface area contributed by atoms with Gasteiger partial charge in [-0.1, -0.05) is 18.5 Å². The minimum Gasteiger partial charge on any atom is -0.497 e. The molecule has 2 bridgehead atoms. The summed E-state index contributed by atoms with van der Waals surface area (Å²) in [6, 6.07) is 8.03. The van der Waals surface area contributed by atoms with Gasteiger partial charge in [-0.25, -0.2) is 4.98 Å². The summed E-state index contributed by atoms with van der Waals surface area (Å²) in [5.74, 6) is 2.97. The van der Waals surface area contributed by atoms with Gasteiger partial charge in [0, 0.05) is 18.0 Å². The molecule has 1 aromatic carbocycles. The maximum Gasteiger partial charge on any atom is 0.143 e. The van der Waals surface area contributed by atoms with Crippen LogP contribution in [0.4, 0.5) is 0 Å². The van der Waals surface area contributed by atoms with Crippen LogP contribution in [0.1, 0.15) is 49.3 Å². The number of pyridine rings is 1. The monoisotopic (exact) mass is 421 g/mol. The van der Waals surface area contributed by atoms with E-state index in [0.717, 1.165) is 70.4 Å². The first-order chi connectivity index (χ1) is 15.0. The highest BCUT2D eigenvalue weighted by Gasteiger charge is 2.42. The minimum absolute atomic E-state index is 0.135. The molecule has 6 nitrogen and oxygen atoms in total. The van der Waals surface area contributed by atoms with E-state index >= 15 is 0 Å². The highest BCUT2D eigenvalue weighted by atomic mass is 16.5. The Morgan fingerprint density at radius 1 is 1.29 bits per heavy atom. The molecule has 2 aromatic heterocycles. The summed E-state index contributed by atoms with van der Waals surface area (Å²) in [5.41, 5.74) is 4.26. The fourth-order valence-electron chi connectivity index (χ4n) is 5.76. The Balaban J connectivity index is 1.62. The average Bonchev–Trinajstić information content (AvgIpc) is 3.15. The molecule has 6 heteroatoms. The molecule has 6 rings (SSSR count). The van der Waals surface area contributed by atoms with Crippen LogP contribution in [0.15, 0.2) is 28.8 Å². The molecule has 0 amide bonds. The van der Waals surface area contributed by atoms with Gasteiger partial charge in [-0.3, -0.25) is 4.90 Å². The molecule has 3 saturated heterocycles. The van der Waals surface area contributed by atoms with Crippen LogP contribution >= 0.6 is 0 Å². The highest BCUT2D eigenvalue weighted by Crippen LogP contribution is 2.43. The Morgan fingerprint density at radius 3 is 2.77 bits per heavy atom. The number of rotatable bonds is 5. The lowest BCUT2D eigenvalue weighted by atomic mass is 9.72. The quantitative estimate of drug-likeness (QED) is 0.646. The molecule has 3 fully saturated rings. The Labute approximate surface area is 183 Å². The summed E-state index contributed by atoms with van der Waals surface area (Å²) in [4.78, 5) is 7.40. The molecule has 1 unspecified atom stereocenters. The summed E-state index contributed by atoms with van der Waals surface area (Å²) in [6.07, 6.45) is 2.93. The van der Waals surface area contributed by atoms with Crippen LogP contribution < -0.4 is 4.74 Å². The van der Waals surface area contributed by atoms with Crippen molar-refractivity contribution in [3.63, 3.8) is 0 Å². The topological polar surface area (TPSA) is 71.6 Å². The number of aryl methyl sites for hydroxylation is 2. The van der Waals surface area contributed by atoms with E-state index in [-0.39, 0.29) is 6.04 Å². The number of aromatic nitrogens is 2. The summed E-state index contributed by atoms with van der Waals surface area (Å²) in [5, 5.41) is 16.7. The summed E-state index contributed by atoms with van der Waals surface area (Å²) in [7, 11) is 1.67. The van der Waals surface area contributed by atoms with Crippen molar-refractivity contribution in [3.05, 3.63) is 41.3 Å². The fraction of sp³-hybridized carbons (Fsp3) is 0.520. The predicted octanol–water partition coefficient (Wildman–Crippen LogP) is 4.67. The number of methoxy groups -OCH3 is 1. The van der Waals surface area contributed by atoms with E-state index in [9.17, 15) is 5.11 Å². The van der Waals surface area contributed by atoms with Crippen LogP contribution in [0.3, 0.4) is 0 Å². The number of nitrogens with zero attached hydrogens (tertiary/aromatic N) is 3. The number of aliphatic hydroxyl groups excluding tert-OH is 1. The van der Waals surface area contributed by atoms with Crippen molar-refractivity contribution in [2.75, 3.05) is 20.2 Å². The first kappa shape index (κ1) is 20.5. The molecule has 0 saturated carbocycles. The molecule has 3 aromatic rings. The molecule has 0 spiro atoms. The van der Waals surface area contributed by atoms with Crippen LogP contribution in [-0.2, 0) is 0 Å². The molecule has 3 aliphatic rings. The summed E-state index contributed by atoms with van der Waals surface area (Å²) >= 11 is 0. The van der Waals surface area contributed by atoms with Crippen LogP contribution in [0, 0.1) is 25.7 Å². The molecular formula is C25H31N3O3. The number of hydrogen-bond acceptors (Lipinski definition) is 6. The van der Waals surface area contributed by atoms with Crippen LogP contribution in [-0.4, -0.2) is 46.4 Å². The van der Waals surface area contributed by atoms with Crippen molar-refractivity contribution in [2.24, 2.45) is 11.8 Å². The van der Waals surface area contributed by atoms with Gasteiger partial charge in [0.2, 0.25) is 0 Å². The Kier molecular flexibility index (Phi) is 5.22. The van der Waals surface area contributed by atoms with Gasteiger partial charge in [0.15, 0.2) is 0 Å². The van der Waals surface area contributed by atoms with Crippen molar-refractivity contribution in [3.8, 4) is 17.0 Å². The van der Waals surface area contributed by atoms with Gasteiger partial charge in [0.25, 0.3) is 0 Å². The SMILES string of the molecule is CC[C@H]1CN2CC[C@@H]1C[C@H]2[C@H](O)c1cc(-c2c(C)noc2C)nc2ccc(OC)cc12. The van der Waals surface area contributed by atoms with E-state index in [1.54, 1.807) is 7.11 Å². The Bertz CT molecular complexity index is 1090. The number of aliphatic hydroxyl groups is 1. The summed E-state index contributed by atoms with van der Waals surface area (Å²) in [6.45, 7) is 8.29. The largest absolute Gasteiger partial charge is 0.497 e. The second-order valence-corrected chi connectivity index (χ2v) is 9.14.